The van der Waals surface area contributed by atoms with Crippen molar-refractivity contribution in [3.63, 3.8) is 0 Å². The van der Waals surface area contributed by atoms with Crippen LogP contribution in [0.15, 0.2) is 46.6 Å². The van der Waals surface area contributed by atoms with E-state index in [0.717, 1.165) is 23.6 Å². The van der Waals surface area contributed by atoms with Crippen molar-refractivity contribution < 1.29 is 9.18 Å². The van der Waals surface area contributed by atoms with Gasteiger partial charge in [0.05, 0.1) is 10.9 Å². The summed E-state index contributed by atoms with van der Waals surface area (Å²) < 4.78 is 13.8. The van der Waals surface area contributed by atoms with Crippen LogP contribution in [-0.2, 0) is 11.2 Å². The van der Waals surface area contributed by atoms with Gasteiger partial charge in [-0.05, 0) is 37.1 Å². The number of aliphatic imine (C=N–C) groups is 1. The third-order valence-corrected chi connectivity index (χ3v) is 6.65. The molecule has 3 N–H and O–H groups in total. The maximum Gasteiger partial charge on any atom is 0.227 e. The number of benzene rings is 1. The SMILES string of the molecule is CC1C=CC2=C1C(N1CCN(C(=O)C(CN)Cc3ccc(Cl)c(F)c3)CC1C)=NCN2. The number of piperazine rings is 1. The van der Waals surface area contributed by atoms with Gasteiger partial charge in [-0.1, -0.05) is 30.7 Å². The molecule has 31 heavy (non-hydrogen) atoms. The fourth-order valence-electron chi connectivity index (χ4n) is 4.63. The third-order valence-electron chi connectivity index (χ3n) is 6.35. The summed E-state index contributed by atoms with van der Waals surface area (Å²) in [5, 5.41) is 3.42. The van der Waals surface area contributed by atoms with Gasteiger partial charge in [-0.2, -0.15) is 0 Å². The lowest BCUT2D eigenvalue weighted by Crippen LogP contribution is -2.58. The van der Waals surface area contributed by atoms with E-state index in [2.05, 4.69) is 36.2 Å². The van der Waals surface area contributed by atoms with Crippen molar-refractivity contribution in [3.05, 3.63) is 58.0 Å². The third kappa shape index (κ3) is 4.34. The standard InChI is InChI=1S/C23H29ClFN5O/c1-14-3-6-20-21(14)22(28-13-27-20)30-8-7-29(12-15(30)2)23(31)17(11-26)9-16-4-5-18(24)19(25)10-16/h3-6,10,14-15,17,27H,7-9,11-13,26H2,1-2H3. The molecule has 6 nitrogen and oxygen atoms in total. The molecule has 0 spiro atoms. The number of nitrogens with two attached hydrogens (primary N) is 1. The highest BCUT2D eigenvalue weighted by Gasteiger charge is 2.35. The van der Waals surface area contributed by atoms with E-state index in [0.29, 0.717) is 32.1 Å². The molecule has 2 heterocycles. The fourth-order valence-corrected chi connectivity index (χ4v) is 4.75. The molecule has 2 aliphatic heterocycles. The van der Waals surface area contributed by atoms with E-state index in [1.54, 1.807) is 6.07 Å². The van der Waals surface area contributed by atoms with E-state index in [9.17, 15) is 9.18 Å². The average molecular weight is 446 g/mol. The van der Waals surface area contributed by atoms with Crippen LogP contribution in [0.25, 0.3) is 0 Å². The predicted octanol–water partition coefficient (Wildman–Crippen LogP) is 2.55. The van der Waals surface area contributed by atoms with Crippen molar-refractivity contribution in [2.75, 3.05) is 32.8 Å². The molecule has 3 aliphatic rings. The molecule has 166 valence electrons. The van der Waals surface area contributed by atoms with Crippen LogP contribution in [0.3, 0.4) is 0 Å². The van der Waals surface area contributed by atoms with Gasteiger partial charge in [0.25, 0.3) is 0 Å². The van der Waals surface area contributed by atoms with E-state index >= 15 is 0 Å². The Morgan fingerprint density at radius 3 is 2.90 bits per heavy atom. The van der Waals surface area contributed by atoms with Gasteiger partial charge in [-0.25, -0.2) is 9.38 Å². The predicted molar refractivity (Wildman–Crippen MR) is 121 cm³/mol. The summed E-state index contributed by atoms with van der Waals surface area (Å²) in [6.45, 7) is 7.05. The number of nitrogens with zero attached hydrogens (tertiary/aromatic N) is 3. The Balaban J connectivity index is 1.42. The number of hydrogen-bond acceptors (Lipinski definition) is 5. The largest absolute Gasteiger partial charge is 0.366 e. The summed E-state index contributed by atoms with van der Waals surface area (Å²) >= 11 is 5.77. The van der Waals surface area contributed by atoms with Crippen molar-refractivity contribution in [2.24, 2.45) is 22.6 Å². The number of halogens is 2. The molecule has 1 aliphatic carbocycles. The maximum atomic E-state index is 13.8. The molecule has 0 radical (unpaired) electrons. The molecule has 3 atom stereocenters. The number of amidine groups is 1. The summed E-state index contributed by atoms with van der Waals surface area (Å²) in [4.78, 5) is 22.2. The van der Waals surface area contributed by atoms with Gasteiger partial charge in [0, 0.05) is 49.4 Å². The number of carbonyl (C=O) groups is 1. The molecule has 1 amide bonds. The Morgan fingerprint density at radius 1 is 1.39 bits per heavy atom. The van der Waals surface area contributed by atoms with E-state index in [1.165, 1.54) is 17.7 Å². The lowest BCUT2D eigenvalue weighted by atomic mass is 9.96. The summed E-state index contributed by atoms with van der Waals surface area (Å²) in [7, 11) is 0. The Hall–Kier alpha value is -2.38. The van der Waals surface area contributed by atoms with Crippen molar-refractivity contribution in [2.45, 2.75) is 26.3 Å². The van der Waals surface area contributed by atoms with Crippen LogP contribution in [0.5, 0.6) is 0 Å². The molecule has 3 unspecified atom stereocenters. The van der Waals surface area contributed by atoms with E-state index in [4.69, 9.17) is 22.3 Å². The first-order valence-corrected chi connectivity index (χ1v) is 11.2. The number of rotatable bonds is 4. The molecule has 4 rings (SSSR count). The maximum absolute atomic E-state index is 13.8. The fraction of sp³-hybridized carbons (Fsp3) is 0.478. The lowest BCUT2D eigenvalue weighted by molar-refractivity contribution is -0.137. The molecule has 1 aromatic carbocycles. The molecule has 1 aromatic rings. The van der Waals surface area contributed by atoms with Crippen LogP contribution in [0.1, 0.15) is 19.4 Å². The van der Waals surface area contributed by atoms with Gasteiger partial charge in [0.15, 0.2) is 0 Å². The second-order valence-electron chi connectivity index (χ2n) is 8.50. The second kappa shape index (κ2) is 9.01. The number of carbonyl (C=O) groups excluding carboxylic acids is 1. The lowest BCUT2D eigenvalue weighted by Gasteiger charge is -2.43. The quantitative estimate of drug-likeness (QED) is 0.747. The number of amides is 1. The average Bonchev–Trinajstić information content (AvgIpc) is 3.15. The minimum Gasteiger partial charge on any atom is -0.366 e. The molecule has 8 heteroatoms. The van der Waals surface area contributed by atoms with Crippen molar-refractivity contribution >= 4 is 23.3 Å². The Labute approximate surface area is 187 Å². The Bertz CT molecular complexity index is 959. The summed E-state index contributed by atoms with van der Waals surface area (Å²) in [5.41, 5.74) is 9.05. The minimum absolute atomic E-state index is 0.0208. The zero-order chi connectivity index (χ0) is 22.1. The first kappa shape index (κ1) is 21.8. The highest BCUT2D eigenvalue weighted by atomic mass is 35.5. The molecule has 1 saturated heterocycles. The van der Waals surface area contributed by atoms with Crippen LogP contribution in [-0.4, -0.2) is 60.4 Å². The van der Waals surface area contributed by atoms with E-state index in [-0.39, 0.29) is 29.4 Å². The number of hydrogen-bond donors (Lipinski definition) is 2. The van der Waals surface area contributed by atoms with E-state index in [1.807, 2.05) is 4.90 Å². The van der Waals surface area contributed by atoms with Gasteiger partial charge in [0.1, 0.15) is 18.3 Å². The van der Waals surface area contributed by atoms with Crippen molar-refractivity contribution in [1.82, 2.24) is 15.1 Å². The second-order valence-corrected chi connectivity index (χ2v) is 8.91. The normalized spacial score (nSPS) is 24.1. The molecule has 1 fully saturated rings. The van der Waals surface area contributed by atoms with Crippen LogP contribution in [0.2, 0.25) is 5.02 Å². The molecule has 0 bridgehead atoms. The van der Waals surface area contributed by atoms with Gasteiger partial charge < -0.3 is 20.9 Å². The summed E-state index contributed by atoms with van der Waals surface area (Å²) in [5.74, 6) is 0.528. The van der Waals surface area contributed by atoms with Gasteiger partial charge in [-0.15, -0.1) is 0 Å². The molecular weight excluding hydrogens is 417 g/mol. The van der Waals surface area contributed by atoms with E-state index < -0.39 is 5.82 Å². The topological polar surface area (TPSA) is 74.0 Å². The molecular formula is C23H29ClFN5O. The highest BCUT2D eigenvalue weighted by Crippen LogP contribution is 2.30. The van der Waals surface area contributed by atoms with Crippen LogP contribution >= 0.6 is 11.6 Å². The minimum atomic E-state index is -0.475. The van der Waals surface area contributed by atoms with Crippen molar-refractivity contribution in [1.29, 1.82) is 0 Å². The van der Waals surface area contributed by atoms with Crippen LogP contribution < -0.4 is 11.1 Å². The number of allylic oxidation sites excluding steroid dienone is 2. The Morgan fingerprint density at radius 2 is 2.19 bits per heavy atom. The van der Waals surface area contributed by atoms with Gasteiger partial charge in [-0.3, -0.25) is 4.79 Å². The highest BCUT2D eigenvalue weighted by molar-refractivity contribution is 6.30. The van der Waals surface area contributed by atoms with Crippen LogP contribution in [0, 0.1) is 17.7 Å². The smallest absolute Gasteiger partial charge is 0.227 e. The molecule has 0 saturated carbocycles. The Kier molecular flexibility index (Phi) is 6.34. The summed E-state index contributed by atoms with van der Waals surface area (Å²) in [6.07, 6.45) is 4.72. The zero-order valence-corrected chi connectivity index (χ0v) is 18.7. The molecule has 0 aromatic heterocycles. The van der Waals surface area contributed by atoms with Crippen molar-refractivity contribution in [3.8, 4) is 0 Å². The summed E-state index contributed by atoms with van der Waals surface area (Å²) in [6, 6.07) is 4.80. The van der Waals surface area contributed by atoms with Gasteiger partial charge >= 0.3 is 0 Å². The van der Waals surface area contributed by atoms with Gasteiger partial charge in [0.2, 0.25) is 5.91 Å². The first-order valence-electron chi connectivity index (χ1n) is 10.8. The number of nitrogens with one attached hydrogen (secondary N) is 1. The van der Waals surface area contributed by atoms with Crippen LogP contribution in [0.4, 0.5) is 4.39 Å². The zero-order valence-electron chi connectivity index (χ0n) is 17.9. The monoisotopic (exact) mass is 445 g/mol. The first-order chi connectivity index (χ1) is 14.9.